The molecule has 0 aliphatic heterocycles. The molecule has 1 aromatic heterocycles. The molecule has 0 fully saturated rings. The number of ether oxygens (including phenoxy) is 2. The summed E-state index contributed by atoms with van der Waals surface area (Å²) in [6, 6.07) is 15.5. The van der Waals surface area contributed by atoms with E-state index in [4.69, 9.17) is 9.47 Å². The average molecular weight is 416 g/mol. The highest BCUT2D eigenvalue weighted by molar-refractivity contribution is 8.01. The molecule has 28 heavy (non-hydrogen) atoms. The highest BCUT2D eigenvalue weighted by Gasteiger charge is 2.15. The molecule has 2 aromatic carbocycles. The van der Waals surface area contributed by atoms with Crippen molar-refractivity contribution in [2.75, 3.05) is 25.3 Å². The number of hydrogen-bond acceptors (Lipinski definition) is 7. The van der Waals surface area contributed by atoms with Crippen LogP contribution in [0, 0.1) is 0 Å². The number of aromatic nitrogens is 2. The van der Waals surface area contributed by atoms with Gasteiger partial charge in [0.1, 0.15) is 11.5 Å². The van der Waals surface area contributed by atoms with Crippen LogP contribution in [0.3, 0.4) is 0 Å². The molecular formula is C20H21N3O3S2. The summed E-state index contributed by atoms with van der Waals surface area (Å²) in [5, 5.41) is 11.4. The third-order valence-electron chi connectivity index (χ3n) is 3.96. The first-order valence-corrected chi connectivity index (χ1v) is 10.5. The Morgan fingerprint density at radius 1 is 1.11 bits per heavy atom. The summed E-state index contributed by atoms with van der Waals surface area (Å²) in [6.07, 6.45) is 2.09. The number of carbonyl (C=O) groups is 1. The molecular weight excluding hydrogens is 394 g/mol. The number of aryl methyl sites for hydroxylation is 1. The number of anilines is 1. The van der Waals surface area contributed by atoms with Crippen LogP contribution in [0.4, 0.5) is 5.13 Å². The minimum Gasteiger partial charge on any atom is -0.497 e. The third kappa shape index (κ3) is 5.46. The molecule has 3 aromatic rings. The predicted octanol–water partition coefficient (Wildman–Crippen LogP) is 4.53. The van der Waals surface area contributed by atoms with Crippen molar-refractivity contribution in [1.29, 1.82) is 0 Å². The normalized spacial score (nSPS) is 10.5. The zero-order valence-corrected chi connectivity index (χ0v) is 17.3. The third-order valence-corrected chi connectivity index (χ3v) is 6.02. The van der Waals surface area contributed by atoms with E-state index in [1.54, 1.807) is 37.1 Å². The molecule has 0 unspecified atom stereocenters. The molecule has 1 amide bonds. The molecule has 8 heteroatoms. The van der Waals surface area contributed by atoms with Crippen molar-refractivity contribution in [2.45, 2.75) is 17.2 Å². The summed E-state index contributed by atoms with van der Waals surface area (Å²) in [4.78, 5) is 12.5. The van der Waals surface area contributed by atoms with Crippen molar-refractivity contribution in [3.8, 4) is 11.5 Å². The van der Waals surface area contributed by atoms with Crippen LogP contribution in [0.2, 0.25) is 0 Å². The van der Waals surface area contributed by atoms with Gasteiger partial charge >= 0.3 is 0 Å². The van der Waals surface area contributed by atoms with Gasteiger partial charge in [0, 0.05) is 11.8 Å². The molecule has 3 rings (SSSR count). The van der Waals surface area contributed by atoms with Gasteiger partial charge in [-0.2, -0.15) is 0 Å². The fourth-order valence-electron chi connectivity index (χ4n) is 2.55. The lowest BCUT2D eigenvalue weighted by atomic mass is 10.1. The number of nitrogens with zero attached hydrogens (tertiary/aromatic N) is 2. The molecule has 0 spiro atoms. The number of hydrogen-bond donors (Lipinski definition) is 1. The summed E-state index contributed by atoms with van der Waals surface area (Å²) in [6.45, 7) is 0. The molecule has 1 heterocycles. The smallest absolute Gasteiger partial charge is 0.261 e. The standard InChI is InChI=1S/C20H21N3O3S2/c1-25-15-10-11-16(17(13-15)26-2)18(24)21-19-22-23-20(28-19)27-12-6-9-14-7-4-3-5-8-14/h3-5,7-8,10-11,13H,6,9,12H2,1-2H3,(H,21,22,24). The van der Waals surface area contributed by atoms with Gasteiger partial charge < -0.3 is 9.47 Å². The first-order chi connectivity index (χ1) is 13.7. The van der Waals surface area contributed by atoms with Crippen molar-refractivity contribution in [1.82, 2.24) is 10.2 Å². The van der Waals surface area contributed by atoms with Crippen LogP contribution in [0.1, 0.15) is 22.3 Å². The van der Waals surface area contributed by atoms with Gasteiger partial charge in [0.25, 0.3) is 5.91 Å². The fourth-order valence-corrected chi connectivity index (χ4v) is 4.31. The second-order valence-corrected chi connectivity index (χ2v) is 8.15. The molecule has 1 N–H and O–H groups in total. The molecule has 0 saturated carbocycles. The quantitative estimate of drug-likeness (QED) is 0.314. The predicted molar refractivity (Wildman–Crippen MR) is 113 cm³/mol. The van der Waals surface area contributed by atoms with Gasteiger partial charge in [-0.3, -0.25) is 10.1 Å². The molecule has 146 valence electrons. The number of benzene rings is 2. The lowest BCUT2D eigenvalue weighted by molar-refractivity contribution is 0.102. The van der Waals surface area contributed by atoms with E-state index in [1.165, 1.54) is 24.0 Å². The van der Waals surface area contributed by atoms with Crippen LogP contribution in [0.25, 0.3) is 0 Å². The fraction of sp³-hybridized carbons (Fsp3) is 0.250. The topological polar surface area (TPSA) is 73.3 Å². The van der Waals surface area contributed by atoms with Gasteiger partial charge in [-0.1, -0.05) is 53.4 Å². The molecule has 0 bridgehead atoms. The van der Waals surface area contributed by atoms with Crippen LogP contribution >= 0.6 is 23.1 Å². The Morgan fingerprint density at radius 2 is 1.93 bits per heavy atom. The van der Waals surface area contributed by atoms with E-state index in [2.05, 4.69) is 39.8 Å². The second-order valence-electron chi connectivity index (χ2n) is 5.83. The molecule has 0 radical (unpaired) electrons. The van der Waals surface area contributed by atoms with E-state index < -0.39 is 0 Å². The maximum absolute atomic E-state index is 12.5. The molecule has 0 aliphatic rings. The Kier molecular flexibility index (Phi) is 7.27. The number of rotatable bonds is 9. The molecule has 6 nitrogen and oxygen atoms in total. The maximum Gasteiger partial charge on any atom is 0.261 e. The summed E-state index contributed by atoms with van der Waals surface area (Å²) < 4.78 is 11.3. The molecule has 0 atom stereocenters. The summed E-state index contributed by atoms with van der Waals surface area (Å²) >= 11 is 3.01. The van der Waals surface area contributed by atoms with Gasteiger partial charge in [-0.25, -0.2) is 0 Å². The van der Waals surface area contributed by atoms with Gasteiger partial charge in [0.05, 0.1) is 19.8 Å². The van der Waals surface area contributed by atoms with E-state index in [1.807, 2.05) is 6.07 Å². The number of carbonyl (C=O) groups excluding carboxylic acids is 1. The van der Waals surface area contributed by atoms with Gasteiger partial charge in [0.2, 0.25) is 5.13 Å². The van der Waals surface area contributed by atoms with Gasteiger partial charge in [0.15, 0.2) is 4.34 Å². The summed E-state index contributed by atoms with van der Waals surface area (Å²) in [5.41, 5.74) is 1.75. The SMILES string of the molecule is COc1ccc(C(=O)Nc2nnc(SCCCc3ccccc3)s2)c(OC)c1. The van der Waals surface area contributed by atoms with E-state index in [9.17, 15) is 4.79 Å². The van der Waals surface area contributed by atoms with Gasteiger partial charge in [-0.05, 0) is 30.5 Å². The number of methoxy groups -OCH3 is 2. The molecule has 0 aliphatic carbocycles. The minimum atomic E-state index is -0.295. The first-order valence-electron chi connectivity index (χ1n) is 8.73. The van der Waals surface area contributed by atoms with Crippen LogP contribution < -0.4 is 14.8 Å². The number of amides is 1. The largest absolute Gasteiger partial charge is 0.497 e. The highest BCUT2D eigenvalue weighted by Crippen LogP contribution is 2.28. The Bertz CT molecular complexity index is 916. The number of thioether (sulfide) groups is 1. The van der Waals surface area contributed by atoms with Crippen molar-refractivity contribution in [2.24, 2.45) is 0 Å². The van der Waals surface area contributed by atoms with Crippen molar-refractivity contribution >= 4 is 34.1 Å². The van der Waals surface area contributed by atoms with Crippen molar-refractivity contribution < 1.29 is 14.3 Å². The van der Waals surface area contributed by atoms with E-state index in [0.29, 0.717) is 22.2 Å². The maximum atomic E-state index is 12.5. The molecule has 0 saturated heterocycles. The van der Waals surface area contributed by atoms with Crippen LogP contribution in [0.5, 0.6) is 11.5 Å². The zero-order valence-electron chi connectivity index (χ0n) is 15.7. The Morgan fingerprint density at radius 3 is 2.68 bits per heavy atom. The monoisotopic (exact) mass is 415 g/mol. The lowest BCUT2D eigenvalue weighted by Crippen LogP contribution is -2.13. The van der Waals surface area contributed by atoms with Crippen molar-refractivity contribution in [3.05, 3.63) is 59.7 Å². The van der Waals surface area contributed by atoms with E-state index in [-0.39, 0.29) is 5.91 Å². The van der Waals surface area contributed by atoms with Crippen LogP contribution in [-0.2, 0) is 6.42 Å². The summed E-state index contributed by atoms with van der Waals surface area (Å²) in [7, 11) is 3.08. The second kappa shape index (κ2) is 10.1. The summed E-state index contributed by atoms with van der Waals surface area (Å²) in [5.74, 6) is 1.72. The average Bonchev–Trinajstić information content (AvgIpc) is 3.18. The van der Waals surface area contributed by atoms with Crippen LogP contribution in [-0.4, -0.2) is 36.1 Å². The van der Waals surface area contributed by atoms with E-state index in [0.717, 1.165) is 22.9 Å². The lowest BCUT2D eigenvalue weighted by Gasteiger charge is -2.09. The minimum absolute atomic E-state index is 0.295. The van der Waals surface area contributed by atoms with Gasteiger partial charge in [-0.15, -0.1) is 10.2 Å². The Labute approximate surface area is 172 Å². The Hall–Kier alpha value is -2.58. The highest BCUT2D eigenvalue weighted by atomic mass is 32.2. The number of nitrogens with one attached hydrogen (secondary N) is 1. The van der Waals surface area contributed by atoms with E-state index >= 15 is 0 Å². The zero-order chi connectivity index (χ0) is 19.8. The van der Waals surface area contributed by atoms with Crippen molar-refractivity contribution in [3.63, 3.8) is 0 Å². The van der Waals surface area contributed by atoms with Crippen LogP contribution in [0.15, 0.2) is 52.9 Å². The first kappa shape index (κ1) is 20.2. The Balaban J connectivity index is 1.52.